The summed E-state index contributed by atoms with van der Waals surface area (Å²) in [5.41, 5.74) is 3.88. The molecule has 0 fully saturated rings. The fourth-order valence-electron chi connectivity index (χ4n) is 1.98. The van der Waals surface area contributed by atoms with Crippen molar-refractivity contribution in [2.45, 2.75) is 13.8 Å². The first-order valence-electron chi connectivity index (χ1n) is 6.44. The number of hydrogen-bond acceptors (Lipinski definition) is 6. The number of hydrogen-bond donors (Lipinski definition) is 2. The molecule has 0 spiro atoms. The van der Waals surface area contributed by atoms with Crippen LogP contribution in [0.2, 0.25) is 0 Å². The van der Waals surface area contributed by atoms with E-state index < -0.39 is 0 Å². The van der Waals surface area contributed by atoms with Crippen LogP contribution >= 0.6 is 11.3 Å². The third kappa shape index (κ3) is 2.70. The molecule has 2 N–H and O–H groups in total. The van der Waals surface area contributed by atoms with Crippen molar-refractivity contribution in [2.24, 2.45) is 0 Å². The van der Waals surface area contributed by atoms with E-state index in [1.165, 1.54) is 0 Å². The molecule has 0 aliphatic rings. The molecule has 3 aromatic rings. The van der Waals surface area contributed by atoms with Crippen molar-refractivity contribution in [2.75, 3.05) is 17.2 Å². The van der Waals surface area contributed by atoms with E-state index in [2.05, 4.69) is 31.7 Å². The first-order valence-corrected chi connectivity index (χ1v) is 7.32. The topological polar surface area (TPSA) is 62.7 Å². The Hall–Kier alpha value is -2.21. The van der Waals surface area contributed by atoms with Crippen molar-refractivity contribution >= 4 is 38.9 Å². The van der Waals surface area contributed by atoms with Gasteiger partial charge in [0, 0.05) is 18.3 Å². The van der Waals surface area contributed by atoms with Crippen LogP contribution in [0.5, 0.6) is 0 Å². The van der Waals surface area contributed by atoms with E-state index in [0.29, 0.717) is 0 Å². The average molecular weight is 285 g/mol. The van der Waals surface area contributed by atoms with Crippen LogP contribution in [0.15, 0.2) is 29.8 Å². The second-order valence-electron chi connectivity index (χ2n) is 4.38. The highest BCUT2D eigenvalue weighted by molar-refractivity contribution is 7.16. The summed E-state index contributed by atoms with van der Waals surface area (Å²) in [6.07, 6.45) is 0. The number of thiazole rings is 1. The number of nitrogens with zero attached hydrogens (tertiary/aromatic N) is 3. The number of aromatic nitrogens is 3. The van der Waals surface area contributed by atoms with Crippen LogP contribution < -0.4 is 10.6 Å². The van der Waals surface area contributed by atoms with Gasteiger partial charge in [0.25, 0.3) is 0 Å². The Labute approximate surface area is 121 Å². The summed E-state index contributed by atoms with van der Waals surface area (Å²) in [6.45, 7) is 4.77. The molecule has 0 saturated heterocycles. The fourth-order valence-corrected chi connectivity index (χ4v) is 2.70. The van der Waals surface area contributed by atoms with Gasteiger partial charge in [-0.05, 0) is 32.0 Å². The number of aryl methyl sites for hydroxylation is 1. The second kappa shape index (κ2) is 5.42. The number of nitrogens with one attached hydrogen (secondary N) is 2. The number of anilines is 3. The number of rotatable bonds is 4. The highest BCUT2D eigenvalue weighted by Gasteiger charge is 2.03. The molecule has 0 radical (unpaired) electrons. The summed E-state index contributed by atoms with van der Waals surface area (Å²) in [7, 11) is 0. The molecule has 0 bridgehead atoms. The Kier molecular flexibility index (Phi) is 3.47. The van der Waals surface area contributed by atoms with Crippen molar-refractivity contribution in [3.8, 4) is 0 Å². The minimum absolute atomic E-state index is 0.741. The third-order valence-electron chi connectivity index (χ3n) is 2.80. The van der Waals surface area contributed by atoms with Gasteiger partial charge in [0.2, 0.25) is 0 Å². The maximum atomic E-state index is 4.40. The SMILES string of the molecule is CCNc1cc(Nc2ccc3ncsc3c2)nc(C)n1. The molecule has 3 rings (SSSR count). The van der Waals surface area contributed by atoms with Gasteiger partial charge < -0.3 is 10.6 Å². The van der Waals surface area contributed by atoms with Crippen LogP contribution in [0, 0.1) is 6.92 Å². The predicted molar refractivity (Wildman–Crippen MR) is 83.8 cm³/mol. The molecule has 0 saturated carbocycles. The van der Waals surface area contributed by atoms with Crippen molar-refractivity contribution in [3.05, 3.63) is 35.6 Å². The van der Waals surface area contributed by atoms with E-state index >= 15 is 0 Å². The molecule has 0 amide bonds. The highest BCUT2D eigenvalue weighted by atomic mass is 32.1. The number of benzene rings is 1. The van der Waals surface area contributed by atoms with Crippen LogP contribution in [-0.2, 0) is 0 Å². The zero-order chi connectivity index (χ0) is 13.9. The summed E-state index contributed by atoms with van der Waals surface area (Å²) < 4.78 is 1.16. The van der Waals surface area contributed by atoms with Gasteiger partial charge in [-0.25, -0.2) is 15.0 Å². The second-order valence-corrected chi connectivity index (χ2v) is 5.26. The predicted octanol–water partition coefficient (Wildman–Crippen LogP) is 3.57. The molecule has 102 valence electrons. The Morgan fingerprint density at radius 1 is 1.15 bits per heavy atom. The van der Waals surface area contributed by atoms with E-state index in [4.69, 9.17) is 0 Å². The monoisotopic (exact) mass is 285 g/mol. The minimum atomic E-state index is 0.741. The van der Waals surface area contributed by atoms with Gasteiger partial charge in [-0.15, -0.1) is 11.3 Å². The molecule has 0 atom stereocenters. The lowest BCUT2D eigenvalue weighted by Crippen LogP contribution is -2.04. The van der Waals surface area contributed by atoms with Gasteiger partial charge in [-0.3, -0.25) is 0 Å². The van der Waals surface area contributed by atoms with Crippen LogP contribution in [0.1, 0.15) is 12.7 Å². The minimum Gasteiger partial charge on any atom is -0.370 e. The van der Waals surface area contributed by atoms with E-state index in [1.54, 1.807) is 11.3 Å². The molecule has 1 aromatic carbocycles. The van der Waals surface area contributed by atoms with Crippen LogP contribution in [0.25, 0.3) is 10.2 Å². The molecule has 20 heavy (non-hydrogen) atoms. The molecule has 0 aliphatic heterocycles. The normalized spacial score (nSPS) is 10.7. The molecule has 6 heteroatoms. The quantitative estimate of drug-likeness (QED) is 0.767. The van der Waals surface area contributed by atoms with Crippen LogP contribution in [0.3, 0.4) is 0 Å². The van der Waals surface area contributed by atoms with E-state index in [-0.39, 0.29) is 0 Å². The molecular formula is C14H15N5S. The van der Waals surface area contributed by atoms with Gasteiger partial charge >= 0.3 is 0 Å². The van der Waals surface area contributed by atoms with Crippen molar-refractivity contribution < 1.29 is 0 Å². The van der Waals surface area contributed by atoms with Crippen LogP contribution in [-0.4, -0.2) is 21.5 Å². The molecule has 0 aliphatic carbocycles. The third-order valence-corrected chi connectivity index (χ3v) is 3.59. The molecule has 2 heterocycles. The largest absolute Gasteiger partial charge is 0.370 e. The molecule has 2 aromatic heterocycles. The van der Waals surface area contributed by atoms with Gasteiger partial charge in [0.15, 0.2) is 0 Å². The summed E-state index contributed by atoms with van der Waals surface area (Å²) in [4.78, 5) is 13.0. The standard InChI is InChI=1S/C14H15N5S/c1-3-15-13-7-14(18-9(2)17-13)19-10-4-5-11-12(6-10)20-8-16-11/h4-8H,3H2,1-2H3,(H2,15,17,18,19). The molecule has 0 unspecified atom stereocenters. The maximum absolute atomic E-state index is 4.40. The average Bonchev–Trinajstić information content (AvgIpc) is 2.85. The van der Waals surface area contributed by atoms with Gasteiger partial charge in [0.05, 0.1) is 15.7 Å². The summed E-state index contributed by atoms with van der Waals surface area (Å²) in [5, 5.41) is 6.51. The Bertz CT molecular complexity index is 737. The lowest BCUT2D eigenvalue weighted by Gasteiger charge is -2.09. The summed E-state index contributed by atoms with van der Waals surface area (Å²) >= 11 is 1.63. The molecular weight excluding hydrogens is 270 g/mol. The van der Waals surface area contributed by atoms with Gasteiger partial charge in [-0.1, -0.05) is 0 Å². The van der Waals surface area contributed by atoms with Crippen molar-refractivity contribution in [1.29, 1.82) is 0 Å². The van der Waals surface area contributed by atoms with Crippen molar-refractivity contribution in [1.82, 2.24) is 15.0 Å². The van der Waals surface area contributed by atoms with Crippen molar-refractivity contribution in [3.63, 3.8) is 0 Å². The van der Waals surface area contributed by atoms with Gasteiger partial charge in [-0.2, -0.15) is 0 Å². The Balaban J connectivity index is 1.89. The number of fused-ring (bicyclic) bond motifs is 1. The summed E-state index contributed by atoms with van der Waals surface area (Å²) in [5.74, 6) is 2.36. The Morgan fingerprint density at radius 3 is 2.85 bits per heavy atom. The highest BCUT2D eigenvalue weighted by Crippen LogP contribution is 2.24. The van der Waals surface area contributed by atoms with Gasteiger partial charge in [0.1, 0.15) is 17.5 Å². The van der Waals surface area contributed by atoms with Crippen LogP contribution in [0.4, 0.5) is 17.3 Å². The fraction of sp³-hybridized carbons (Fsp3) is 0.214. The van der Waals surface area contributed by atoms with E-state index in [9.17, 15) is 0 Å². The first-order chi connectivity index (χ1) is 9.74. The van der Waals surface area contributed by atoms with E-state index in [0.717, 1.165) is 39.9 Å². The maximum Gasteiger partial charge on any atom is 0.136 e. The summed E-state index contributed by atoms with van der Waals surface area (Å²) in [6, 6.07) is 8.00. The Morgan fingerprint density at radius 2 is 2.00 bits per heavy atom. The first kappa shape index (κ1) is 12.8. The zero-order valence-corrected chi connectivity index (χ0v) is 12.2. The lowest BCUT2D eigenvalue weighted by atomic mass is 10.3. The molecule has 5 nitrogen and oxygen atoms in total. The zero-order valence-electron chi connectivity index (χ0n) is 11.3. The van der Waals surface area contributed by atoms with E-state index in [1.807, 2.05) is 37.6 Å². The lowest BCUT2D eigenvalue weighted by molar-refractivity contribution is 1.04. The smallest absolute Gasteiger partial charge is 0.136 e.